The fraction of sp³-hybridized carbons (Fsp3) is 0.308. The van der Waals surface area contributed by atoms with E-state index in [4.69, 9.17) is 4.84 Å². The van der Waals surface area contributed by atoms with Crippen LogP contribution in [-0.2, 0) is 23.0 Å². The lowest BCUT2D eigenvalue weighted by molar-refractivity contribution is -0.137. The van der Waals surface area contributed by atoms with E-state index in [-0.39, 0.29) is 18.6 Å². The van der Waals surface area contributed by atoms with Crippen LogP contribution < -0.4 is 5.48 Å². The van der Waals surface area contributed by atoms with Crippen LogP contribution in [0.25, 0.3) is 0 Å². The molecule has 5 nitrogen and oxygen atoms in total. The maximum Gasteiger partial charge on any atom is 0.416 e. The fourth-order valence-electron chi connectivity index (χ4n) is 4.49. The molecule has 0 bridgehead atoms. The monoisotopic (exact) mass is 467 g/mol. The first-order valence-corrected chi connectivity index (χ1v) is 11.2. The minimum atomic E-state index is -4.36. The Hall–Kier alpha value is -3.23. The van der Waals surface area contributed by atoms with Gasteiger partial charge < -0.3 is 4.90 Å². The Balaban J connectivity index is 1.27. The van der Waals surface area contributed by atoms with Crippen LogP contribution in [0, 0.1) is 0 Å². The number of aromatic nitrogens is 1. The van der Waals surface area contributed by atoms with E-state index in [0.717, 1.165) is 41.7 Å². The number of amides is 1. The lowest BCUT2D eigenvalue weighted by atomic mass is 10.0. The minimum absolute atomic E-state index is 0.0306. The van der Waals surface area contributed by atoms with Crippen LogP contribution in [0.4, 0.5) is 13.2 Å². The highest BCUT2D eigenvalue weighted by Crippen LogP contribution is 2.46. The van der Waals surface area contributed by atoms with Crippen LogP contribution in [0.1, 0.15) is 51.5 Å². The molecule has 0 spiro atoms. The summed E-state index contributed by atoms with van der Waals surface area (Å²) in [5.74, 6) is -0.0306. The van der Waals surface area contributed by atoms with E-state index in [9.17, 15) is 18.0 Å². The van der Waals surface area contributed by atoms with Crippen LogP contribution in [0.15, 0.2) is 73.1 Å². The molecule has 1 N–H and O–H groups in total. The number of nitrogens with zero attached hydrogens (tertiary/aromatic N) is 2. The molecule has 5 rings (SSSR count). The molecule has 1 unspecified atom stereocenters. The number of hydroxylamine groups is 1. The lowest BCUT2D eigenvalue weighted by Gasteiger charge is -2.27. The quantitative estimate of drug-likeness (QED) is 0.471. The molecule has 8 heteroatoms. The molecule has 0 radical (unpaired) electrons. The van der Waals surface area contributed by atoms with Crippen molar-refractivity contribution in [2.75, 3.05) is 13.2 Å². The van der Waals surface area contributed by atoms with Crippen molar-refractivity contribution in [3.63, 3.8) is 0 Å². The van der Waals surface area contributed by atoms with E-state index in [2.05, 4.69) is 10.5 Å². The van der Waals surface area contributed by atoms with E-state index in [1.54, 1.807) is 12.4 Å². The number of rotatable bonds is 8. The molecule has 1 fully saturated rings. The highest BCUT2D eigenvalue weighted by atomic mass is 19.4. The fourth-order valence-corrected chi connectivity index (χ4v) is 4.49. The zero-order valence-electron chi connectivity index (χ0n) is 18.4. The van der Waals surface area contributed by atoms with Gasteiger partial charge in [0.1, 0.15) is 0 Å². The topological polar surface area (TPSA) is 54.5 Å². The molecule has 1 aliphatic heterocycles. The summed E-state index contributed by atoms with van der Waals surface area (Å²) in [4.78, 5) is 24.9. The van der Waals surface area contributed by atoms with Gasteiger partial charge in [0, 0.05) is 24.5 Å². The second-order valence-corrected chi connectivity index (χ2v) is 8.78. The van der Waals surface area contributed by atoms with Crippen molar-refractivity contribution in [2.24, 2.45) is 0 Å². The predicted molar refractivity (Wildman–Crippen MR) is 120 cm³/mol. The number of benzene rings is 2. The van der Waals surface area contributed by atoms with Gasteiger partial charge >= 0.3 is 6.18 Å². The van der Waals surface area contributed by atoms with Crippen molar-refractivity contribution in [3.8, 4) is 0 Å². The second-order valence-electron chi connectivity index (χ2n) is 8.78. The van der Waals surface area contributed by atoms with Gasteiger partial charge in [-0.05, 0) is 60.2 Å². The number of halogens is 3. The van der Waals surface area contributed by atoms with E-state index in [1.807, 2.05) is 41.3 Å². The molecule has 2 aromatic carbocycles. The average Bonchev–Trinajstić information content (AvgIpc) is 3.59. The van der Waals surface area contributed by atoms with Gasteiger partial charge in [-0.15, -0.1) is 0 Å². The number of carbonyl (C=O) groups excluding carboxylic acids is 1. The summed E-state index contributed by atoms with van der Waals surface area (Å²) in [5, 5.41) is 0. The SMILES string of the molecule is O=C1c2ccccc2C(CONC2(c3ccc(C(F)(F)F)cc3)CC2)N1CCc1cccnc1. The summed E-state index contributed by atoms with van der Waals surface area (Å²) in [6, 6.07) is 16.3. The van der Waals surface area contributed by atoms with Crippen LogP contribution in [0.2, 0.25) is 0 Å². The molecular weight excluding hydrogens is 443 g/mol. The van der Waals surface area contributed by atoms with Gasteiger partial charge in [0.25, 0.3) is 5.91 Å². The molecule has 34 heavy (non-hydrogen) atoms. The number of alkyl halides is 3. The van der Waals surface area contributed by atoms with Gasteiger partial charge in [-0.3, -0.25) is 14.6 Å². The minimum Gasteiger partial charge on any atom is -0.329 e. The second kappa shape index (κ2) is 8.85. The molecule has 1 atom stereocenters. The summed E-state index contributed by atoms with van der Waals surface area (Å²) < 4.78 is 38.7. The summed E-state index contributed by atoms with van der Waals surface area (Å²) >= 11 is 0. The predicted octanol–water partition coefficient (Wildman–Crippen LogP) is 5.05. The largest absolute Gasteiger partial charge is 0.416 e. The summed E-state index contributed by atoms with van der Waals surface area (Å²) in [5.41, 5.74) is 5.32. The normalized spacial score (nSPS) is 18.7. The summed E-state index contributed by atoms with van der Waals surface area (Å²) in [6.07, 6.45) is 1.36. The Morgan fingerprint density at radius 3 is 2.50 bits per heavy atom. The first-order valence-electron chi connectivity index (χ1n) is 11.2. The Morgan fingerprint density at radius 1 is 1.06 bits per heavy atom. The standard InChI is InChI=1S/C26H24F3N3O2/c27-26(28,29)20-9-7-19(8-10-20)25(12-13-25)31-34-17-23-21-5-1-2-6-22(21)24(33)32(23)15-11-18-4-3-14-30-16-18/h1-10,14,16,23,31H,11-13,15,17H2. The maximum absolute atomic E-state index is 13.1. The maximum atomic E-state index is 13.1. The van der Waals surface area contributed by atoms with Crippen molar-refractivity contribution in [2.45, 2.75) is 37.0 Å². The number of fused-ring (bicyclic) bond motifs is 1. The van der Waals surface area contributed by atoms with E-state index >= 15 is 0 Å². The lowest BCUT2D eigenvalue weighted by Crippen LogP contribution is -2.36. The molecule has 1 amide bonds. The molecule has 0 saturated heterocycles. The van der Waals surface area contributed by atoms with Crippen molar-refractivity contribution in [3.05, 3.63) is 101 Å². The van der Waals surface area contributed by atoms with Gasteiger partial charge in [-0.25, -0.2) is 0 Å². The van der Waals surface area contributed by atoms with Crippen LogP contribution in [0.5, 0.6) is 0 Å². The van der Waals surface area contributed by atoms with E-state index in [1.165, 1.54) is 12.1 Å². The van der Waals surface area contributed by atoms with Crippen LogP contribution in [0.3, 0.4) is 0 Å². The molecule has 3 aromatic rings. The third-order valence-corrected chi connectivity index (χ3v) is 6.58. The Kier molecular flexibility index (Phi) is 5.87. The van der Waals surface area contributed by atoms with Crippen molar-refractivity contribution in [1.29, 1.82) is 0 Å². The summed E-state index contributed by atoms with van der Waals surface area (Å²) in [7, 11) is 0. The van der Waals surface area contributed by atoms with E-state index in [0.29, 0.717) is 18.5 Å². The molecule has 2 heterocycles. The van der Waals surface area contributed by atoms with Gasteiger partial charge in [0.05, 0.1) is 23.8 Å². The Labute approximate surface area is 195 Å². The smallest absolute Gasteiger partial charge is 0.329 e. The zero-order chi connectivity index (χ0) is 23.8. The van der Waals surface area contributed by atoms with Crippen molar-refractivity contribution < 1.29 is 22.8 Å². The number of pyridine rings is 1. The highest BCUT2D eigenvalue weighted by molar-refractivity contribution is 5.99. The van der Waals surface area contributed by atoms with Crippen molar-refractivity contribution >= 4 is 5.91 Å². The first-order chi connectivity index (χ1) is 16.4. The molecule has 1 aliphatic carbocycles. The van der Waals surface area contributed by atoms with Gasteiger partial charge in [0.15, 0.2) is 0 Å². The molecule has 2 aliphatic rings. The molecule has 176 valence electrons. The first kappa shape index (κ1) is 22.6. The number of hydrogen-bond donors (Lipinski definition) is 1. The molecule has 1 saturated carbocycles. The van der Waals surface area contributed by atoms with Crippen LogP contribution in [-0.4, -0.2) is 28.9 Å². The average molecular weight is 467 g/mol. The number of hydrogen-bond acceptors (Lipinski definition) is 4. The molecule has 1 aromatic heterocycles. The third kappa shape index (κ3) is 4.43. The van der Waals surface area contributed by atoms with Crippen molar-refractivity contribution in [1.82, 2.24) is 15.4 Å². The van der Waals surface area contributed by atoms with Gasteiger partial charge in [-0.2, -0.15) is 18.7 Å². The zero-order valence-corrected chi connectivity index (χ0v) is 18.4. The van der Waals surface area contributed by atoms with E-state index < -0.39 is 17.3 Å². The number of nitrogens with one attached hydrogen (secondary N) is 1. The Morgan fingerprint density at radius 2 is 1.82 bits per heavy atom. The Bertz CT molecular complexity index is 1160. The third-order valence-electron chi connectivity index (χ3n) is 6.58. The van der Waals surface area contributed by atoms with Crippen LogP contribution >= 0.6 is 0 Å². The summed E-state index contributed by atoms with van der Waals surface area (Å²) in [6.45, 7) is 0.759. The van der Waals surface area contributed by atoms with Gasteiger partial charge in [-0.1, -0.05) is 36.4 Å². The number of carbonyl (C=O) groups is 1. The van der Waals surface area contributed by atoms with Gasteiger partial charge in [0.2, 0.25) is 0 Å². The molecular formula is C26H24F3N3O2. The highest BCUT2D eigenvalue weighted by Gasteiger charge is 2.46.